The summed E-state index contributed by atoms with van der Waals surface area (Å²) in [6.45, 7) is 2.00. The molecule has 1 aliphatic rings. The van der Waals surface area contributed by atoms with E-state index in [1.807, 2.05) is 0 Å². The molecule has 1 fully saturated rings. The molecule has 0 aliphatic carbocycles. The molecular weight excluding hydrogens is 302 g/mol. The molecule has 1 saturated heterocycles. The zero-order valence-corrected chi connectivity index (χ0v) is 12.8. The number of aromatic nitrogens is 2. The van der Waals surface area contributed by atoms with Gasteiger partial charge in [-0.25, -0.2) is 8.42 Å². The van der Waals surface area contributed by atoms with Crippen molar-refractivity contribution in [2.75, 3.05) is 23.8 Å². The fourth-order valence-electron chi connectivity index (χ4n) is 2.02. The fraction of sp³-hybridized carbons (Fsp3) is 0.727. The second-order valence-electron chi connectivity index (χ2n) is 4.77. The maximum atomic E-state index is 11.4. The molecule has 1 aromatic heterocycles. The van der Waals surface area contributed by atoms with Gasteiger partial charge in [-0.1, -0.05) is 11.8 Å². The van der Waals surface area contributed by atoms with E-state index in [0.717, 1.165) is 0 Å². The second kappa shape index (κ2) is 6.57. The van der Waals surface area contributed by atoms with Gasteiger partial charge in [0.2, 0.25) is 11.8 Å². The van der Waals surface area contributed by atoms with Crippen molar-refractivity contribution in [3.8, 4) is 0 Å². The number of hydrogen-bond donors (Lipinski definition) is 1. The molecule has 1 atom stereocenters. The third kappa shape index (κ3) is 4.78. The molecule has 112 valence electrons. The molecule has 20 heavy (non-hydrogen) atoms. The molecule has 0 saturated carbocycles. The van der Waals surface area contributed by atoms with E-state index in [2.05, 4.69) is 15.5 Å². The quantitative estimate of drug-likeness (QED) is 0.593. The van der Waals surface area contributed by atoms with Crippen molar-refractivity contribution in [1.82, 2.24) is 15.5 Å². The minimum atomic E-state index is -2.87. The van der Waals surface area contributed by atoms with Crippen LogP contribution in [0.25, 0.3) is 0 Å². The van der Waals surface area contributed by atoms with Crippen molar-refractivity contribution < 1.29 is 17.6 Å². The normalized spacial score (nSPS) is 20.9. The van der Waals surface area contributed by atoms with Crippen LogP contribution in [0, 0.1) is 5.92 Å². The van der Waals surface area contributed by atoms with Crippen LogP contribution >= 0.6 is 11.8 Å². The van der Waals surface area contributed by atoms with Crippen LogP contribution in [0.2, 0.25) is 0 Å². The topological polar surface area (TPSA) is 102 Å². The van der Waals surface area contributed by atoms with Crippen LogP contribution in [0.5, 0.6) is 0 Å². The number of carbonyl (C=O) groups excluding carboxylic acids is 1. The Labute approximate surface area is 121 Å². The Kier molecular flexibility index (Phi) is 5.03. The van der Waals surface area contributed by atoms with Crippen LogP contribution in [-0.2, 0) is 21.1 Å². The molecule has 0 spiro atoms. The number of nitrogens with zero attached hydrogens (tertiary/aromatic N) is 2. The first-order valence-electron chi connectivity index (χ1n) is 6.34. The summed E-state index contributed by atoms with van der Waals surface area (Å²) in [5.74, 6) is 1.61. The first kappa shape index (κ1) is 15.3. The van der Waals surface area contributed by atoms with E-state index in [0.29, 0.717) is 36.3 Å². The van der Waals surface area contributed by atoms with Gasteiger partial charge in [0, 0.05) is 25.6 Å². The van der Waals surface area contributed by atoms with E-state index in [-0.39, 0.29) is 23.3 Å². The third-order valence-corrected chi connectivity index (χ3v) is 5.60. The van der Waals surface area contributed by atoms with Gasteiger partial charge < -0.3 is 9.73 Å². The average molecular weight is 319 g/mol. The monoisotopic (exact) mass is 319 g/mol. The molecule has 1 aromatic rings. The lowest BCUT2D eigenvalue weighted by Gasteiger charge is -2.02. The predicted molar refractivity (Wildman–Crippen MR) is 74.2 cm³/mol. The number of amides is 1. The summed E-state index contributed by atoms with van der Waals surface area (Å²) in [6.07, 6.45) is 1.17. The molecule has 1 N–H and O–H groups in total. The summed E-state index contributed by atoms with van der Waals surface area (Å²) < 4.78 is 28.2. The van der Waals surface area contributed by atoms with E-state index in [1.165, 1.54) is 18.7 Å². The van der Waals surface area contributed by atoms with Gasteiger partial charge in [-0.15, -0.1) is 10.2 Å². The van der Waals surface area contributed by atoms with Gasteiger partial charge >= 0.3 is 0 Å². The standard InChI is InChI=1S/C11H17N3O4S2/c1-8(15)12-3-4-19-11-14-13-10(18-11)6-9-2-5-20(16,17)7-9/h9H,2-7H2,1H3,(H,12,15)/t9-/m0/s1. The molecule has 0 aromatic carbocycles. The Morgan fingerprint density at radius 1 is 1.50 bits per heavy atom. The number of thioether (sulfide) groups is 1. The van der Waals surface area contributed by atoms with E-state index >= 15 is 0 Å². The van der Waals surface area contributed by atoms with Gasteiger partial charge in [-0.2, -0.15) is 0 Å². The molecule has 0 unspecified atom stereocenters. The van der Waals surface area contributed by atoms with Crippen molar-refractivity contribution in [2.24, 2.45) is 5.92 Å². The highest BCUT2D eigenvalue weighted by Crippen LogP contribution is 2.23. The number of carbonyl (C=O) groups is 1. The van der Waals surface area contributed by atoms with E-state index in [1.54, 1.807) is 0 Å². The SMILES string of the molecule is CC(=O)NCCSc1nnc(C[C@@H]2CCS(=O)(=O)C2)o1. The van der Waals surface area contributed by atoms with Crippen molar-refractivity contribution in [3.05, 3.63) is 5.89 Å². The van der Waals surface area contributed by atoms with Gasteiger partial charge in [0.15, 0.2) is 9.84 Å². The first-order valence-corrected chi connectivity index (χ1v) is 9.15. The Hall–Kier alpha value is -1.09. The summed E-state index contributed by atoms with van der Waals surface area (Å²) in [6, 6.07) is 0. The van der Waals surface area contributed by atoms with Crippen molar-refractivity contribution in [2.45, 2.75) is 25.0 Å². The zero-order chi connectivity index (χ0) is 14.6. The smallest absolute Gasteiger partial charge is 0.276 e. The van der Waals surface area contributed by atoms with Gasteiger partial charge in [-0.3, -0.25) is 4.79 Å². The molecule has 7 nitrogen and oxygen atoms in total. The van der Waals surface area contributed by atoms with Crippen LogP contribution in [0.1, 0.15) is 19.2 Å². The Bertz CT molecular complexity index is 570. The van der Waals surface area contributed by atoms with E-state index in [4.69, 9.17) is 4.42 Å². The molecule has 0 radical (unpaired) electrons. The van der Waals surface area contributed by atoms with Crippen LogP contribution in [0.15, 0.2) is 9.64 Å². The van der Waals surface area contributed by atoms with Crippen LogP contribution in [-0.4, -0.2) is 48.3 Å². The predicted octanol–water partition coefficient (Wildman–Crippen LogP) is 0.275. The lowest BCUT2D eigenvalue weighted by atomic mass is 10.1. The first-order chi connectivity index (χ1) is 9.44. The summed E-state index contributed by atoms with van der Waals surface area (Å²) in [5.41, 5.74) is 0. The molecule has 9 heteroatoms. The van der Waals surface area contributed by atoms with Crippen LogP contribution < -0.4 is 5.32 Å². The van der Waals surface area contributed by atoms with Gasteiger partial charge in [0.25, 0.3) is 5.22 Å². The summed E-state index contributed by atoms with van der Waals surface area (Å²) in [7, 11) is -2.87. The molecule has 2 heterocycles. The summed E-state index contributed by atoms with van der Waals surface area (Å²) in [4.78, 5) is 10.7. The highest BCUT2D eigenvalue weighted by molar-refractivity contribution is 7.99. The zero-order valence-electron chi connectivity index (χ0n) is 11.2. The number of hydrogen-bond acceptors (Lipinski definition) is 7. The molecule has 1 aliphatic heterocycles. The van der Waals surface area contributed by atoms with Crippen LogP contribution in [0.4, 0.5) is 0 Å². The Balaban J connectivity index is 1.76. The van der Waals surface area contributed by atoms with E-state index in [9.17, 15) is 13.2 Å². The minimum Gasteiger partial charge on any atom is -0.416 e. The molecule has 0 bridgehead atoms. The Morgan fingerprint density at radius 2 is 2.30 bits per heavy atom. The van der Waals surface area contributed by atoms with Gasteiger partial charge in [-0.05, 0) is 12.3 Å². The van der Waals surface area contributed by atoms with Crippen molar-refractivity contribution >= 4 is 27.5 Å². The molecule has 1 amide bonds. The highest BCUT2D eigenvalue weighted by atomic mass is 32.2. The van der Waals surface area contributed by atoms with E-state index < -0.39 is 9.84 Å². The van der Waals surface area contributed by atoms with Crippen LogP contribution in [0.3, 0.4) is 0 Å². The average Bonchev–Trinajstić information content (AvgIpc) is 2.92. The largest absolute Gasteiger partial charge is 0.416 e. The third-order valence-electron chi connectivity index (χ3n) is 2.94. The summed E-state index contributed by atoms with van der Waals surface area (Å²) >= 11 is 1.37. The maximum absolute atomic E-state index is 11.4. The molecule has 2 rings (SSSR count). The minimum absolute atomic E-state index is 0.0701. The summed E-state index contributed by atoms with van der Waals surface area (Å²) in [5, 5.41) is 10.9. The van der Waals surface area contributed by atoms with Crippen molar-refractivity contribution in [1.29, 1.82) is 0 Å². The fourth-order valence-corrected chi connectivity index (χ4v) is 4.52. The maximum Gasteiger partial charge on any atom is 0.276 e. The number of nitrogens with one attached hydrogen (secondary N) is 1. The molecular formula is C11H17N3O4S2. The lowest BCUT2D eigenvalue weighted by Crippen LogP contribution is -2.22. The number of sulfone groups is 1. The second-order valence-corrected chi connectivity index (χ2v) is 8.04. The Morgan fingerprint density at radius 3 is 2.95 bits per heavy atom. The highest BCUT2D eigenvalue weighted by Gasteiger charge is 2.29. The van der Waals surface area contributed by atoms with Gasteiger partial charge in [0.1, 0.15) is 0 Å². The lowest BCUT2D eigenvalue weighted by molar-refractivity contribution is -0.118. The van der Waals surface area contributed by atoms with Crippen molar-refractivity contribution in [3.63, 3.8) is 0 Å². The number of rotatable bonds is 6. The van der Waals surface area contributed by atoms with Gasteiger partial charge in [0.05, 0.1) is 11.5 Å².